The first-order chi connectivity index (χ1) is 13.1. The van der Waals surface area contributed by atoms with Gasteiger partial charge in [-0.25, -0.2) is 0 Å². The number of rotatable bonds is 7. The summed E-state index contributed by atoms with van der Waals surface area (Å²) in [5, 5.41) is 3.07. The van der Waals surface area contributed by atoms with Crippen LogP contribution in [0.3, 0.4) is 0 Å². The Morgan fingerprint density at radius 3 is 2.30 bits per heavy atom. The minimum atomic E-state index is -0.285. The van der Waals surface area contributed by atoms with Gasteiger partial charge in [0.15, 0.2) is 0 Å². The number of carbonyl (C=O) groups excluding carboxylic acids is 1. The number of carbonyl (C=O) groups is 1. The van der Waals surface area contributed by atoms with Crippen molar-refractivity contribution in [3.8, 4) is 0 Å². The van der Waals surface area contributed by atoms with Crippen molar-refractivity contribution in [2.45, 2.75) is 19.1 Å². The first-order valence-electron chi connectivity index (χ1n) is 9.50. The van der Waals surface area contributed by atoms with Gasteiger partial charge in [-0.15, -0.1) is 0 Å². The Morgan fingerprint density at radius 2 is 1.67 bits per heavy atom. The molecule has 5 nitrogen and oxygen atoms in total. The number of hydrogen-bond acceptors (Lipinski definition) is 4. The summed E-state index contributed by atoms with van der Waals surface area (Å²) in [5.74, 6) is 0.0172. The zero-order valence-electron chi connectivity index (χ0n) is 16.2. The van der Waals surface area contributed by atoms with Crippen molar-refractivity contribution in [1.29, 1.82) is 0 Å². The molecule has 1 N–H and O–H groups in total. The average Bonchev–Trinajstić information content (AvgIpc) is 2.69. The number of hydrogen-bond donors (Lipinski definition) is 1. The minimum absolute atomic E-state index is 0.0172. The highest BCUT2D eigenvalue weighted by atomic mass is 16.5. The topological polar surface area (TPSA) is 44.8 Å². The highest BCUT2D eigenvalue weighted by Crippen LogP contribution is 2.18. The average molecular weight is 367 g/mol. The molecule has 2 aromatic rings. The molecular weight excluding hydrogens is 338 g/mol. The highest BCUT2D eigenvalue weighted by molar-refractivity contribution is 5.83. The smallest absolute Gasteiger partial charge is 0.242 e. The van der Waals surface area contributed by atoms with Crippen LogP contribution in [-0.4, -0.2) is 56.1 Å². The van der Waals surface area contributed by atoms with Crippen molar-refractivity contribution < 1.29 is 9.53 Å². The summed E-state index contributed by atoms with van der Waals surface area (Å²) in [6.45, 7) is 5.10. The number of benzene rings is 2. The van der Waals surface area contributed by atoms with Crippen LogP contribution < -0.4 is 5.32 Å². The maximum atomic E-state index is 12.7. The van der Waals surface area contributed by atoms with Crippen LogP contribution in [0.4, 0.5) is 0 Å². The molecule has 144 valence electrons. The molecule has 1 atom stereocenters. The summed E-state index contributed by atoms with van der Waals surface area (Å²) in [4.78, 5) is 17.1. The van der Waals surface area contributed by atoms with E-state index in [9.17, 15) is 4.79 Å². The van der Waals surface area contributed by atoms with Gasteiger partial charge >= 0.3 is 0 Å². The lowest BCUT2D eigenvalue weighted by Crippen LogP contribution is -2.36. The SMILES string of the molecule is CN(C)[C@H](C(=O)NCc1ccc(CN2CCOCC2)cc1)c1ccccc1. The summed E-state index contributed by atoms with van der Waals surface area (Å²) < 4.78 is 5.39. The number of nitrogens with one attached hydrogen (secondary N) is 1. The lowest BCUT2D eigenvalue weighted by molar-refractivity contribution is -0.125. The lowest BCUT2D eigenvalue weighted by atomic mass is 10.1. The summed E-state index contributed by atoms with van der Waals surface area (Å²) in [5.41, 5.74) is 3.41. The van der Waals surface area contributed by atoms with E-state index in [1.807, 2.05) is 49.3 Å². The standard InChI is InChI=1S/C22H29N3O2/c1-24(2)21(20-6-4-3-5-7-20)22(26)23-16-18-8-10-19(11-9-18)17-25-12-14-27-15-13-25/h3-11,21H,12-17H2,1-2H3,(H,23,26)/t21-/m0/s1. The van der Waals surface area contributed by atoms with Gasteiger partial charge in [0.1, 0.15) is 6.04 Å². The molecular formula is C22H29N3O2. The minimum Gasteiger partial charge on any atom is -0.379 e. The molecule has 0 aromatic heterocycles. The van der Waals surface area contributed by atoms with Gasteiger partial charge in [0.2, 0.25) is 5.91 Å². The van der Waals surface area contributed by atoms with E-state index in [2.05, 4.69) is 34.5 Å². The molecule has 27 heavy (non-hydrogen) atoms. The Bertz CT molecular complexity index is 710. The van der Waals surface area contributed by atoms with Crippen molar-refractivity contribution in [2.75, 3.05) is 40.4 Å². The van der Waals surface area contributed by atoms with Crippen molar-refractivity contribution >= 4 is 5.91 Å². The second-order valence-electron chi connectivity index (χ2n) is 7.20. The molecule has 1 saturated heterocycles. The molecule has 1 heterocycles. The van der Waals surface area contributed by atoms with Gasteiger partial charge in [-0.3, -0.25) is 14.6 Å². The van der Waals surface area contributed by atoms with Gasteiger partial charge in [-0.1, -0.05) is 54.6 Å². The van der Waals surface area contributed by atoms with E-state index in [0.29, 0.717) is 6.54 Å². The molecule has 0 aliphatic carbocycles. The summed E-state index contributed by atoms with van der Waals surface area (Å²) >= 11 is 0. The Balaban J connectivity index is 1.54. The molecule has 2 aromatic carbocycles. The summed E-state index contributed by atoms with van der Waals surface area (Å²) in [6, 6.07) is 18.1. The van der Waals surface area contributed by atoms with Crippen molar-refractivity contribution in [1.82, 2.24) is 15.1 Å². The van der Waals surface area contributed by atoms with Crippen molar-refractivity contribution in [3.05, 3.63) is 71.3 Å². The van der Waals surface area contributed by atoms with E-state index < -0.39 is 0 Å². The summed E-state index contributed by atoms with van der Waals surface area (Å²) in [6.07, 6.45) is 0. The Labute approximate surface area is 161 Å². The highest BCUT2D eigenvalue weighted by Gasteiger charge is 2.22. The third-order valence-corrected chi connectivity index (χ3v) is 4.88. The second kappa shape index (κ2) is 9.65. The molecule has 3 rings (SSSR count). The normalized spacial score (nSPS) is 16.3. The van der Waals surface area contributed by atoms with Gasteiger partial charge in [-0.05, 0) is 30.8 Å². The van der Waals surface area contributed by atoms with E-state index >= 15 is 0 Å². The lowest BCUT2D eigenvalue weighted by Gasteiger charge is -2.26. The fourth-order valence-corrected chi connectivity index (χ4v) is 3.39. The van der Waals surface area contributed by atoms with E-state index in [1.54, 1.807) is 0 Å². The molecule has 1 amide bonds. The van der Waals surface area contributed by atoms with E-state index in [-0.39, 0.29) is 11.9 Å². The van der Waals surface area contributed by atoms with Crippen molar-refractivity contribution in [3.63, 3.8) is 0 Å². The van der Waals surface area contributed by atoms with E-state index in [1.165, 1.54) is 5.56 Å². The third-order valence-electron chi connectivity index (χ3n) is 4.88. The van der Waals surface area contributed by atoms with Crippen LogP contribution in [-0.2, 0) is 22.6 Å². The van der Waals surface area contributed by atoms with Gasteiger partial charge < -0.3 is 10.1 Å². The molecule has 0 bridgehead atoms. The number of morpholine rings is 1. The third kappa shape index (κ3) is 5.63. The van der Waals surface area contributed by atoms with Gasteiger partial charge in [0, 0.05) is 26.2 Å². The monoisotopic (exact) mass is 367 g/mol. The number of amides is 1. The number of ether oxygens (including phenoxy) is 1. The van der Waals surface area contributed by atoms with Crippen LogP contribution in [0.5, 0.6) is 0 Å². The Morgan fingerprint density at radius 1 is 1.04 bits per heavy atom. The fraction of sp³-hybridized carbons (Fsp3) is 0.409. The quantitative estimate of drug-likeness (QED) is 0.816. The van der Waals surface area contributed by atoms with Crippen LogP contribution in [0.1, 0.15) is 22.7 Å². The molecule has 1 fully saturated rings. The predicted octanol–water partition coefficient (Wildman–Crippen LogP) is 2.44. The van der Waals surface area contributed by atoms with Crippen LogP contribution in [0.25, 0.3) is 0 Å². The second-order valence-corrected chi connectivity index (χ2v) is 7.20. The Hall–Kier alpha value is -2.21. The summed E-state index contributed by atoms with van der Waals surface area (Å²) in [7, 11) is 3.86. The first-order valence-corrected chi connectivity index (χ1v) is 9.50. The number of likely N-dealkylation sites (N-methyl/N-ethyl adjacent to an activating group) is 1. The van der Waals surface area contributed by atoms with E-state index in [4.69, 9.17) is 4.74 Å². The van der Waals surface area contributed by atoms with Crippen molar-refractivity contribution in [2.24, 2.45) is 0 Å². The maximum absolute atomic E-state index is 12.7. The van der Waals surface area contributed by atoms with Crippen LogP contribution in [0.2, 0.25) is 0 Å². The molecule has 0 saturated carbocycles. The van der Waals surface area contributed by atoms with E-state index in [0.717, 1.165) is 44.0 Å². The first kappa shape index (κ1) is 19.5. The largest absolute Gasteiger partial charge is 0.379 e. The molecule has 0 spiro atoms. The number of nitrogens with zero attached hydrogens (tertiary/aromatic N) is 2. The fourth-order valence-electron chi connectivity index (χ4n) is 3.39. The zero-order chi connectivity index (χ0) is 19.1. The predicted molar refractivity (Wildman–Crippen MR) is 107 cm³/mol. The molecule has 1 aliphatic heterocycles. The molecule has 0 unspecified atom stereocenters. The van der Waals surface area contributed by atoms with Gasteiger partial charge in [-0.2, -0.15) is 0 Å². The molecule has 1 aliphatic rings. The van der Waals surface area contributed by atoms with Crippen LogP contribution >= 0.6 is 0 Å². The van der Waals surface area contributed by atoms with Gasteiger partial charge in [0.25, 0.3) is 0 Å². The Kier molecular flexibility index (Phi) is 6.98. The van der Waals surface area contributed by atoms with Gasteiger partial charge in [0.05, 0.1) is 13.2 Å². The van der Waals surface area contributed by atoms with Crippen LogP contribution in [0, 0.1) is 0 Å². The zero-order valence-corrected chi connectivity index (χ0v) is 16.2. The molecule has 0 radical (unpaired) electrons. The van der Waals surface area contributed by atoms with Crippen LogP contribution in [0.15, 0.2) is 54.6 Å². The maximum Gasteiger partial charge on any atom is 0.242 e. The molecule has 5 heteroatoms.